The fraction of sp³-hybridized carbons (Fsp3) is 0.143. The SMILES string of the molecule is COc1ccccc1CNC(=O)c1cccc(C(=O)NCc2ccco2)c1. The molecule has 0 saturated carbocycles. The Hall–Kier alpha value is -3.54. The van der Waals surface area contributed by atoms with Gasteiger partial charge in [0.05, 0.1) is 19.9 Å². The maximum Gasteiger partial charge on any atom is 0.251 e. The van der Waals surface area contributed by atoms with Gasteiger partial charge in [-0.15, -0.1) is 0 Å². The van der Waals surface area contributed by atoms with Gasteiger partial charge in [-0.25, -0.2) is 0 Å². The molecule has 0 bridgehead atoms. The van der Waals surface area contributed by atoms with Crippen LogP contribution in [-0.2, 0) is 13.1 Å². The van der Waals surface area contributed by atoms with Crippen LogP contribution >= 0.6 is 0 Å². The summed E-state index contributed by atoms with van der Waals surface area (Å²) in [6.45, 7) is 0.619. The molecule has 0 aliphatic carbocycles. The lowest BCUT2D eigenvalue weighted by Crippen LogP contribution is -2.25. The van der Waals surface area contributed by atoms with E-state index < -0.39 is 0 Å². The van der Waals surface area contributed by atoms with Crippen molar-refractivity contribution in [2.45, 2.75) is 13.1 Å². The number of carbonyl (C=O) groups is 2. The molecule has 6 nitrogen and oxygen atoms in total. The first-order chi connectivity index (χ1) is 13.2. The lowest BCUT2D eigenvalue weighted by atomic mass is 10.1. The van der Waals surface area contributed by atoms with Gasteiger partial charge in [0, 0.05) is 23.2 Å². The van der Waals surface area contributed by atoms with Crippen molar-refractivity contribution in [1.29, 1.82) is 0 Å². The first-order valence-electron chi connectivity index (χ1n) is 8.48. The molecule has 2 aromatic carbocycles. The van der Waals surface area contributed by atoms with Crippen LogP contribution in [0.3, 0.4) is 0 Å². The van der Waals surface area contributed by atoms with Gasteiger partial charge in [0.1, 0.15) is 11.5 Å². The normalized spacial score (nSPS) is 10.3. The Kier molecular flexibility index (Phi) is 5.89. The maximum absolute atomic E-state index is 12.4. The molecule has 0 saturated heterocycles. The molecule has 0 unspecified atom stereocenters. The Labute approximate surface area is 157 Å². The largest absolute Gasteiger partial charge is 0.496 e. The summed E-state index contributed by atoms with van der Waals surface area (Å²) >= 11 is 0. The van der Waals surface area contributed by atoms with Gasteiger partial charge in [0.2, 0.25) is 0 Å². The highest BCUT2D eigenvalue weighted by Crippen LogP contribution is 2.17. The molecule has 2 N–H and O–H groups in total. The van der Waals surface area contributed by atoms with Gasteiger partial charge in [-0.2, -0.15) is 0 Å². The number of hydrogen-bond donors (Lipinski definition) is 2. The van der Waals surface area contributed by atoms with E-state index in [0.717, 1.165) is 5.56 Å². The summed E-state index contributed by atoms with van der Waals surface area (Å²) in [7, 11) is 1.59. The molecule has 1 heterocycles. The molecular weight excluding hydrogens is 344 g/mol. The summed E-state index contributed by atoms with van der Waals surface area (Å²) in [5.41, 5.74) is 1.70. The molecule has 0 spiro atoms. The predicted octanol–water partition coefficient (Wildman–Crippen LogP) is 3.15. The number of hydrogen-bond acceptors (Lipinski definition) is 4. The van der Waals surface area contributed by atoms with E-state index in [4.69, 9.17) is 9.15 Å². The van der Waals surface area contributed by atoms with E-state index in [2.05, 4.69) is 10.6 Å². The van der Waals surface area contributed by atoms with Crippen molar-refractivity contribution >= 4 is 11.8 Å². The number of carbonyl (C=O) groups excluding carboxylic acids is 2. The number of nitrogens with one attached hydrogen (secondary N) is 2. The Balaban J connectivity index is 1.62. The number of furan rings is 1. The van der Waals surface area contributed by atoms with Crippen LogP contribution < -0.4 is 15.4 Å². The van der Waals surface area contributed by atoms with E-state index in [1.807, 2.05) is 24.3 Å². The molecule has 0 aliphatic rings. The van der Waals surface area contributed by atoms with Gasteiger partial charge in [0.15, 0.2) is 0 Å². The van der Waals surface area contributed by atoms with E-state index in [-0.39, 0.29) is 18.4 Å². The van der Waals surface area contributed by atoms with Gasteiger partial charge in [-0.1, -0.05) is 24.3 Å². The van der Waals surface area contributed by atoms with Crippen molar-refractivity contribution in [3.8, 4) is 5.75 Å². The summed E-state index contributed by atoms with van der Waals surface area (Å²) in [6.07, 6.45) is 1.55. The number of methoxy groups -OCH3 is 1. The highest BCUT2D eigenvalue weighted by atomic mass is 16.5. The molecule has 1 aromatic heterocycles. The van der Waals surface area contributed by atoms with Crippen LogP contribution in [0.1, 0.15) is 32.0 Å². The molecule has 0 fully saturated rings. The second-order valence-electron chi connectivity index (χ2n) is 5.84. The monoisotopic (exact) mass is 364 g/mol. The fourth-order valence-corrected chi connectivity index (χ4v) is 2.61. The van der Waals surface area contributed by atoms with Crippen LogP contribution in [0.25, 0.3) is 0 Å². The summed E-state index contributed by atoms with van der Waals surface area (Å²) in [5.74, 6) is 0.838. The molecule has 0 atom stereocenters. The van der Waals surface area contributed by atoms with Crippen molar-refractivity contribution < 1.29 is 18.7 Å². The number of para-hydroxylation sites is 1. The highest BCUT2D eigenvalue weighted by Gasteiger charge is 2.11. The van der Waals surface area contributed by atoms with Gasteiger partial charge in [-0.3, -0.25) is 9.59 Å². The average Bonchev–Trinajstić information content (AvgIpc) is 3.24. The third-order valence-electron chi connectivity index (χ3n) is 4.02. The van der Waals surface area contributed by atoms with E-state index >= 15 is 0 Å². The Morgan fingerprint density at radius 2 is 1.59 bits per heavy atom. The summed E-state index contributed by atoms with van der Waals surface area (Å²) < 4.78 is 10.5. The number of rotatable bonds is 7. The number of benzene rings is 2. The van der Waals surface area contributed by atoms with Gasteiger partial charge in [-0.05, 0) is 36.4 Å². The van der Waals surface area contributed by atoms with Crippen LogP contribution in [0.2, 0.25) is 0 Å². The minimum atomic E-state index is -0.272. The van der Waals surface area contributed by atoms with Gasteiger partial charge < -0.3 is 19.8 Å². The summed E-state index contributed by atoms with van der Waals surface area (Å²) in [5, 5.41) is 5.60. The predicted molar refractivity (Wildman–Crippen MR) is 100 cm³/mol. The van der Waals surface area contributed by atoms with E-state index in [1.165, 1.54) is 0 Å². The second-order valence-corrected chi connectivity index (χ2v) is 5.84. The molecule has 6 heteroatoms. The van der Waals surface area contributed by atoms with Crippen LogP contribution in [0.15, 0.2) is 71.3 Å². The number of ether oxygens (including phenoxy) is 1. The van der Waals surface area contributed by atoms with E-state index in [9.17, 15) is 9.59 Å². The van der Waals surface area contributed by atoms with Crippen molar-refractivity contribution in [3.05, 3.63) is 89.4 Å². The summed E-state index contributed by atoms with van der Waals surface area (Å²) in [6, 6.07) is 17.6. The van der Waals surface area contributed by atoms with Crippen molar-refractivity contribution in [2.24, 2.45) is 0 Å². The first kappa shape index (κ1) is 18.3. The molecule has 0 aliphatic heterocycles. The molecule has 3 rings (SSSR count). The van der Waals surface area contributed by atoms with Gasteiger partial charge in [0.25, 0.3) is 11.8 Å². The smallest absolute Gasteiger partial charge is 0.251 e. The summed E-state index contributed by atoms with van der Waals surface area (Å²) in [4.78, 5) is 24.7. The van der Waals surface area contributed by atoms with Crippen LogP contribution in [0.5, 0.6) is 5.75 Å². The minimum Gasteiger partial charge on any atom is -0.496 e. The van der Waals surface area contributed by atoms with Crippen LogP contribution in [0.4, 0.5) is 0 Å². The molecule has 0 radical (unpaired) electrons. The molecule has 3 aromatic rings. The van der Waals surface area contributed by atoms with Crippen molar-refractivity contribution in [2.75, 3.05) is 7.11 Å². The van der Waals surface area contributed by atoms with Crippen LogP contribution in [0, 0.1) is 0 Å². The Morgan fingerprint density at radius 3 is 2.26 bits per heavy atom. The number of amides is 2. The fourth-order valence-electron chi connectivity index (χ4n) is 2.61. The molecule has 27 heavy (non-hydrogen) atoms. The lowest BCUT2D eigenvalue weighted by molar-refractivity contribution is 0.0948. The molecule has 2 amide bonds. The zero-order chi connectivity index (χ0) is 19.1. The Morgan fingerprint density at radius 1 is 0.889 bits per heavy atom. The van der Waals surface area contributed by atoms with Crippen molar-refractivity contribution in [1.82, 2.24) is 10.6 Å². The zero-order valence-electron chi connectivity index (χ0n) is 14.9. The topological polar surface area (TPSA) is 80.6 Å². The quantitative estimate of drug-likeness (QED) is 0.675. The van der Waals surface area contributed by atoms with Crippen LogP contribution in [-0.4, -0.2) is 18.9 Å². The lowest BCUT2D eigenvalue weighted by Gasteiger charge is -2.10. The molecule has 138 valence electrons. The van der Waals surface area contributed by atoms with Crippen molar-refractivity contribution in [3.63, 3.8) is 0 Å². The third-order valence-corrected chi connectivity index (χ3v) is 4.02. The van der Waals surface area contributed by atoms with E-state index in [0.29, 0.717) is 29.2 Å². The standard InChI is InChI=1S/C21H20N2O4/c1-26-19-10-3-2-6-17(19)13-22-20(24)15-7-4-8-16(12-15)21(25)23-14-18-9-5-11-27-18/h2-12H,13-14H2,1H3,(H,22,24)(H,23,25). The average molecular weight is 364 g/mol. The first-order valence-corrected chi connectivity index (χ1v) is 8.48. The van der Waals surface area contributed by atoms with E-state index in [1.54, 1.807) is 49.8 Å². The van der Waals surface area contributed by atoms with Gasteiger partial charge >= 0.3 is 0 Å². The minimum absolute atomic E-state index is 0.262. The highest BCUT2D eigenvalue weighted by molar-refractivity contribution is 5.99. The maximum atomic E-state index is 12.4. The zero-order valence-corrected chi connectivity index (χ0v) is 14.9. The Bertz CT molecular complexity index is 919. The molecular formula is C21H20N2O4. The second kappa shape index (κ2) is 8.71. The third kappa shape index (κ3) is 4.76.